The number of carbonyl (C=O) groups is 1. The van der Waals surface area contributed by atoms with Gasteiger partial charge in [0.05, 0.1) is 25.2 Å². The van der Waals surface area contributed by atoms with Crippen molar-refractivity contribution in [2.24, 2.45) is 11.8 Å². The Kier molecular flexibility index (Phi) is 6.76. The lowest BCUT2D eigenvalue weighted by Crippen LogP contribution is -2.59. The normalized spacial score (nSPS) is 32.3. The van der Waals surface area contributed by atoms with Crippen molar-refractivity contribution in [1.29, 1.82) is 0 Å². The molecule has 12 nitrogen and oxygen atoms in total. The molecule has 4 N–H and O–H groups in total. The second kappa shape index (κ2) is 10.2. The van der Waals surface area contributed by atoms with E-state index in [9.17, 15) is 25.2 Å². The van der Waals surface area contributed by atoms with Gasteiger partial charge in [0.1, 0.15) is 24.4 Å². The predicted molar refractivity (Wildman–Crippen MR) is 124 cm³/mol. The van der Waals surface area contributed by atoms with Gasteiger partial charge in [-0.1, -0.05) is 12.1 Å². The fourth-order valence-corrected chi connectivity index (χ4v) is 5.29. The van der Waals surface area contributed by atoms with Crippen molar-refractivity contribution < 1.29 is 58.4 Å². The summed E-state index contributed by atoms with van der Waals surface area (Å²) in [5.41, 5.74) is 1.44. The monoisotopic (exact) mass is 532 g/mol. The van der Waals surface area contributed by atoms with Crippen molar-refractivity contribution in [3.8, 4) is 23.0 Å². The third-order valence-electron chi connectivity index (χ3n) is 7.34. The van der Waals surface area contributed by atoms with Crippen molar-refractivity contribution in [2.45, 2.75) is 43.2 Å². The van der Waals surface area contributed by atoms with E-state index >= 15 is 0 Å². The van der Waals surface area contributed by atoms with Crippen molar-refractivity contribution in [3.05, 3.63) is 47.5 Å². The molecule has 38 heavy (non-hydrogen) atoms. The van der Waals surface area contributed by atoms with Gasteiger partial charge in [0.15, 0.2) is 29.3 Å². The minimum Gasteiger partial charge on any atom is -0.465 e. The fourth-order valence-electron chi connectivity index (χ4n) is 5.29. The van der Waals surface area contributed by atoms with E-state index in [1.165, 1.54) is 0 Å². The summed E-state index contributed by atoms with van der Waals surface area (Å²) in [6.45, 7) is -0.282. The molecule has 2 aromatic rings. The van der Waals surface area contributed by atoms with Gasteiger partial charge in [0.25, 0.3) is 0 Å². The molecule has 0 aliphatic carbocycles. The molecule has 0 saturated carbocycles. The van der Waals surface area contributed by atoms with Crippen LogP contribution >= 0.6 is 0 Å². The van der Waals surface area contributed by atoms with Gasteiger partial charge < -0.3 is 53.6 Å². The topological polar surface area (TPSA) is 163 Å². The molecule has 204 valence electrons. The molecule has 4 aliphatic heterocycles. The van der Waals surface area contributed by atoms with Crippen molar-refractivity contribution >= 4 is 5.97 Å². The molecule has 6 rings (SSSR count). The van der Waals surface area contributed by atoms with Gasteiger partial charge in [-0.3, -0.25) is 4.79 Å². The lowest BCUT2D eigenvalue weighted by molar-refractivity contribution is -0.316. The van der Waals surface area contributed by atoms with E-state index in [-0.39, 0.29) is 26.1 Å². The fraction of sp³-hybridized carbons (Fsp3) is 0.500. The summed E-state index contributed by atoms with van der Waals surface area (Å²) >= 11 is 0. The van der Waals surface area contributed by atoms with Gasteiger partial charge in [0, 0.05) is 5.92 Å². The van der Waals surface area contributed by atoms with E-state index < -0.39 is 55.3 Å². The maximum absolute atomic E-state index is 13.1. The van der Waals surface area contributed by atoms with Gasteiger partial charge in [-0.25, -0.2) is 0 Å². The zero-order valence-electron chi connectivity index (χ0n) is 20.2. The van der Waals surface area contributed by atoms with Gasteiger partial charge in [-0.05, 0) is 41.8 Å². The Hall–Kier alpha value is -3.13. The highest BCUT2D eigenvalue weighted by Gasteiger charge is 2.49. The van der Waals surface area contributed by atoms with Crippen LogP contribution in [0.15, 0.2) is 36.4 Å². The quantitative estimate of drug-likeness (QED) is 0.355. The van der Waals surface area contributed by atoms with Gasteiger partial charge in [0.2, 0.25) is 13.6 Å². The van der Waals surface area contributed by atoms with E-state index in [0.717, 1.165) is 5.56 Å². The second-order valence-corrected chi connectivity index (χ2v) is 9.67. The van der Waals surface area contributed by atoms with Crippen LogP contribution in [0.3, 0.4) is 0 Å². The summed E-state index contributed by atoms with van der Waals surface area (Å²) < 4.78 is 39.1. The lowest BCUT2D eigenvalue weighted by Gasteiger charge is -2.41. The number of ether oxygens (including phenoxy) is 7. The van der Waals surface area contributed by atoms with Gasteiger partial charge >= 0.3 is 5.97 Å². The molecule has 12 heteroatoms. The van der Waals surface area contributed by atoms with Crippen LogP contribution < -0.4 is 18.9 Å². The number of aliphatic hydroxyl groups excluding tert-OH is 4. The number of benzene rings is 2. The molecular formula is C26H28O12. The average molecular weight is 532 g/mol. The number of hydrogen-bond acceptors (Lipinski definition) is 12. The molecule has 0 amide bonds. The van der Waals surface area contributed by atoms with E-state index in [0.29, 0.717) is 35.0 Å². The average Bonchev–Trinajstić information content (AvgIpc) is 3.67. The first-order valence-electron chi connectivity index (χ1n) is 12.3. The number of hydrogen-bond donors (Lipinski definition) is 4. The Morgan fingerprint density at radius 1 is 0.842 bits per heavy atom. The van der Waals surface area contributed by atoms with Crippen LogP contribution in [0.5, 0.6) is 23.0 Å². The van der Waals surface area contributed by atoms with Crippen LogP contribution in [-0.2, 0) is 25.4 Å². The summed E-state index contributed by atoms with van der Waals surface area (Å²) in [7, 11) is 0. The summed E-state index contributed by atoms with van der Waals surface area (Å²) in [5.74, 6) is 0.608. The molecule has 0 radical (unpaired) electrons. The standard InChI is InChI=1S/C26H28O12/c27-8-19-21(28)22(29)23(30)26(37-19)38-24(13-2-4-16-18(7-13)36-11-34-16)20-14(9-32-25(20)31)5-12-1-3-15-17(6-12)35-10-33-15/h1-4,6-7,14,19-24,26-30H,5,8-11H2/t14-,19+,20-,21+,22-,23+,24?,26-/m0/s1. The molecule has 0 spiro atoms. The maximum atomic E-state index is 13.1. The Morgan fingerprint density at radius 3 is 2.26 bits per heavy atom. The SMILES string of the molecule is O=C1OC[C@H](Cc2ccc3c(c2)OCO3)[C@H]1C(O[C@@H]1O[C@H](CO)[C@@H](O)[C@H](O)[C@H]1O)c1ccc2c(c1)OCO2. The molecule has 4 heterocycles. The number of rotatable bonds is 7. The molecule has 2 saturated heterocycles. The first-order chi connectivity index (χ1) is 18.4. The van der Waals surface area contributed by atoms with E-state index in [1.54, 1.807) is 18.2 Å². The van der Waals surface area contributed by atoms with Gasteiger partial charge in [-0.15, -0.1) is 0 Å². The van der Waals surface area contributed by atoms with E-state index in [2.05, 4.69) is 0 Å². The highest BCUT2D eigenvalue weighted by atomic mass is 16.7. The first-order valence-corrected chi connectivity index (χ1v) is 12.3. The third kappa shape index (κ3) is 4.53. The van der Waals surface area contributed by atoms with Gasteiger partial charge in [-0.2, -0.15) is 0 Å². The van der Waals surface area contributed by atoms with E-state index in [1.807, 2.05) is 18.2 Å². The molecule has 0 bridgehead atoms. The van der Waals surface area contributed by atoms with Crippen molar-refractivity contribution in [3.63, 3.8) is 0 Å². The van der Waals surface area contributed by atoms with Crippen LogP contribution in [0.1, 0.15) is 17.2 Å². The molecule has 2 fully saturated rings. The molecule has 8 atom stereocenters. The Labute approximate surface area is 217 Å². The lowest BCUT2D eigenvalue weighted by atomic mass is 9.82. The number of cyclic esters (lactones) is 1. The second-order valence-electron chi connectivity index (χ2n) is 9.67. The Balaban J connectivity index is 1.32. The number of aliphatic hydroxyl groups is 4. The van der Waals surface area contributed by atoms with Crippen LogP contribution in [0.2, 0.25) is 0 Å². The summed E-state index contributed by atoms with van der Waals surface area (Å²) in [5, 5.41) is 40.7. The maximum Gasteiger partial charge on any atom is 0.312 e. The minimum absolute atomic E-state index is 0.0508. The van der Waals surface area contributed by atoms with Crippen LogP contribution in [0, 0.1) is 11.8 Å². The largest absolute Gasteiger partial charge is 0.465 e. The smallest absolute Gasteiger partial charge is 0.312 e. The van der Waals surface area contributed by atoms with Crippen molar-refractivity contribution in [2.75, 3.05) is 26.8 Å². The third-order valence-corrected chi connectivity index (χ3v) is 7.34. The van der Waals surface area contributed by atoms with Crippen molar-refractivity contribution in [1.82, 2.24) is 0 Å². The Bertz CT molecular complexity index is 1180. The van der Waals surface area contributed by atoms with Crippen LogP contribution in [-0.4, -0.2) is 83.9 Å². The number of fused-ring (bicyclic) bond motifs is 2. The van der Waals surface area contributed by atoms with Crippen LogP contribution in [0.25, 0.3) is 0 Å². The summed E-state index contributed by atoms with van der Waals surface area (Å²) in [6, 6.07) is 10.6. The molecular weight excluding hydrogens is 504 g/mol. The molecule has 1 unspecified atom stereocenters. The predicted octanol–water partition coefficient (Wildman–Crippen LogP) is 0.0335. The molecule has 2 aromatic carbocycles. The highest BCUT2D eigenvalue weighted by molar-refractivity contribution is 5.76. The first kappa shape index (κ1) is 25.2. The molecule has 4 aliphatic rings. The number of esters is 1. The Morgan fingerprint density at radius 2 is 1.53 bits per heavy atom. The summed E-state index contributed by atoms with van der Waals surface area (Å²) in [6.07, 6.45) is -8.01. The zero-order valence-corrected chi connectivity index (χ0v) is 20.2. The summed E-state index contributed by atoms with van der Waals surface area (Å²) in [4.78, 5) is 13.1. The molecule has 0 aromatic heterocycles. The zero-order chi connectivity index (χ0) is 26.4. The minimum atomic E-state index is -1.64. The highest BCUT2D eigenvalue weighted by Crippen LogP contribution is 2.44. The number of carbonyl (C=O) groups excluding carboxylic acids is 1. The van der Waals surface area contributed by atoms with E-state index in [4.69, 9.17) is 33.2 Å². The van der Waals surface area contributed by atoms with Crippen LogP contribution in [0.4, 0.5) is 0 Å².